The number of aliphatic imine (C=N–C) groups is 2. The van der Waals surface area contributed by atoms with Crippen LogP contribution >= 0.6 is 0 Å². The molecular weight excluding hydrogens is 376 g/mol. The summed E-state index contributed by atoms with van der Waals surface area (Å²) >= 11 is 0. The van der Waals surface area contributed by atoms with E-state index < -0.39 is 5.66 Å². The zero-order valence-corrected chi connectivity index (χ0v) is 17.7. The van der Waals surface area contributed by atoms with Crippen molar-refractivity contribution in [2.45, 2.75) is 51.2 Å². The lowest BCUT2D eigenvalue weighted by Crippen LogP contribution is -2.55. The first-order chi connectivity index (χ1) is 14.2. The minimum absolute atomic E-state index is 0.155. The maximum Gasteiger partial charge on any atom is 0.283 e. The third kappa shape index (κ3) is 2.54. The van der Waals surface area contributed by atoms with Crippen molar-refractivity contribution in [2.24, 2.45) is 15.7 Å². The van der Waals surface area contributed by atoms with Gasteiger partial charge in [0.2, 0.25) is 5.96 Å². The van der Waals surface area contributed by atoms with Crippen LogP contribution in [0.3, 0.4) is 0 Å². The van der Waals surface area contributed by atoms with Crippen LogP contribution in [0.5, 0.6) is 0 Å². The fraction of sp³-hybridized carbons (Fsp3) is 0.348. The van der Waals surface area contributed by atoms with E-state index in [0.29, 0.717) is 11.9 Å². The van der Waals surface area contributed by atoms with E-state index in [9.17, 15) is 4.79 Å². The van der Waals surface area contributed by atoms with Gasteiger partial charge in [-0.3, -0.25) is 10.1 Å². The van der Waals surface area contributed by atoms with Crippen LogP contribution in [0, 0.1) is 6.92 Å². The van der Waals surface area contributed by atoms with Gasteiger partial charge in [-0.1, -0.05) is 36.8 Å². The van der Waals surface area contributed by atoms with Gasteiger partial charge in [0.15, 0.2) is 5.96 Å². The summed E-state index contributed by atoms with van der Waals surface area (Å²) in [4.78, 5) is 25.2. The average molecular weight is 403 g/mol. The Bertz CT molecular complexity index is 1120. The predicted molar refractivity (Wildman–Crippen MR) is 120 cm³/mol. The van der Waals surface area contributed by atoms with E-state index in [-0.39, 0.29) is 17.4 Å². The van der Waals surface area contributed by atoms with Gasteiger partial charge in [-0.15, -0.1) is 0 Å². The minimum Gasteiger partial charge on any atom is -0.370 e. The van der Waals surface area contributed by atoms with Crippen molar-refractivity contribution in [2.75, 3.05) is 10.2 Å². The summed E-state index contributed by atoms with van der Waals surface area (Å²) in [5.74, 6) is 0.751. The number of carbonyl (C=O) groups excluding carboxylic acids is 1. The molecule has 154 valence electrons. The number of carbonyl (C=O) groups is 1. The molecule has 4 N–H and O–H groups in total. The van der Waals surface area contributed by atoms with Gasteiger partial charge in [0, 0.05) is 16.8 Å². The number of guanidine groups is 2. The molecule has 0 fully saturated rings. The number of rotatable bonds is 1. The van der Waals surface area contributed by atoms with Crippen molar-refractivity contribution in [3.8, 4) is 0 Å². The van der Waals surface area contributed by atoms with Crippen molar-refractivity contribution in [1.29, 1.82) is 0 Å². The fourth-order valence-corrected chi connectivity index (χ4v) is 5.07. The summed E-state index contributed by atoms with van der Waals surface area (Å²) in [6, 6.07) is 13.9. The predicted octanol–water partition coefficient (Wildman–Crippen LogP) is 3.17. The number of hydrogen-bond acceptors (Lipinski definition) is 6. The Morgan fingerprint density at radius 2 is 1.93 bits per heavy atom. The summed E-state index contributed by atoms with van der Waals surface area (Å²) in [6.07, 6.45) is 0.876. The number of nitrogens with zero attached hydrogens (tertiary/aromatic N) is 3. The van der Waals surface area contributed by atoms with Crippen LogP contribution in [-0.4, -0.2) is 23.4 Å². The highest BCUT2D eigenvalue weighted by molar-refractivity contribution is 6.15. The molecule has 0 saturated carbocycles. The Morgan fingerprint density at radius 3 is 2.67 bits per heavy atom. The van der Waals surface area contributed by atoms with Gasteiger partial charge in [-0.25, -0.2) is 9.98 Å². The highest BCUT2D eigenvalue weighted by Gasteiger charge is 2.59. The molecule has 1 spiro atoms. The molecule has 3 aliphatic heterocycles. The average Bonchev–Trinajstić information content (AvgIpc) is 2.89. The Balaban J connectivity index is 1.72. The van der Waals surface area contributed by atoms with E-state index in [2.05, 4.69) is 42.5 Å². The van der Waals surface area contributed by atoms with Crippen molar-refractivity contribution >= 4 is 29.2 Å². The lowest BCUT2D eigenvalue weighted by molar-refractivity contribution is -0.123. The molecule has 3 heterocycles. The van der Waals surface area contributed by atoms with Crippen LogP contribution in [0.25, 0.3) is 0 Å². The summed E-state index contributed by atoms with van der Waals surface area (Å²) in [5, 5.41) is 6.20. The van der Waals surface area contributed by atoms with Gasteiger partial charge >= 0.3 is 0 Å². The molecular formula is C23H26N6O. The second-order valence-corrected chi connectivity index (χ2v) is 9.05. The van der Waals surface area contributed by atoms with E-state index >= 15 is 0 Å². The molecule has 0 unspecified atom stereocenters. The van der Waals surface area contributed by atoms with E-state index in [4.69, 9.17) is 10.7 Å². The molecule has 2 aromatic carbocycles. The molecule has 0 aliphatic carbocycles. The zero-order valence-electron chi connectivity index (χ0n) is 17.7. The van der Waals surface area contributed by atoms with Gasteiger partial charge in [0.25, 0.3) is 11.6 Å². The van der Waals surface area contributed by atoms with Gasteiger partial charge in [0.1, 0.15) is 0 Å². The van der Waals surface area contributed by atoms with Crippen LogP contribution in [0.2, 0.25) is 0 Å². The van der Waals surface area contributed by atoms with Crippen LogP contribution in [-0.2, 0) is 10.5 Å². The van der Waals surface area contributed by atoms with Crippen LogP contribution in [0.1, 0.15) is 49.8 Å². The summed E-state index contributed by atoms with van der Waals surface area (Å²) in [7, 11) is 0. The van der Waals surface area contributed by atoms with Crippen LogP contribution < -0.4 is 21.3 Å². The first-order valence-electron chi connectivity index (χ1n) is 10.3. The topological polar surface area (TPSA) is 95.1 Å². The maximum atomic E-state index is 13.9. The summed E-state index contributed by atoms with van der Waals surface area (Å²) in [6.45, 7) is 8.47. The van der Waals surface area contributed by atoms with Gasteiger partial charge in [-0.2, -0.15) is 0 Å². The van der Waals surface area contributed by atoms with E-state index in [1.54, 1.807) is 0 Å². The number of aryl methyl sites for hydroxylation is 1. The largest absolute Gasteiger partial charge is 0.370 e. The summed E-state index contributed by atoms with van der Waals surface area (Å²) < 4.78 is 0. The smallest absolute Gasteiger partial charge is 0.283 e. The standard InChI is InChI=1S/C23H26N6O/c1-13-10-16-14(2)12-22(3,4)29-18(16)17(11-13)23(19(29)30)27-20(24)26-21(28-23)25-15-8-6-5-7-9-15/h5-11,14H,12H2,1-4H3,(H4,24,25,26,27,28)/t14-,23+/m0/s1. The number of amides is 1. The SMILES string of the molecule is Cc1cc2c3c(c1)[C@]1(N=C(N)NC(Nc4ccccc4)=N1)C(=O)N3C(C)(C)C[C@@H]2C. The van der Waals surface area contributed by atoms with E-state index in [1.165, 1.54) is 5.56 Å². The quantitative estimate of drug-likeness (QED) is 0.683. The van der Waals surface area contributed by atoms with Crippen molar-refractivity contribution < 1.29 is 4.79 Å². The van der Waals surface area contributed by atoms with E-state index in [0.717, 1.165) is 28.9 Å². The number of fused-ring (bicyclic) bond motifs is 1. The third-order valence-electron chi connectivity index (χ3n) is 6.17. The van der Waals surface area contributed by atoms with E-state index in [1.807, 2.05) is 48.2 Å². The molecule has 2 atom stereocenters. The van der Waals surface area contributed by atoms with Crippen LogP contribution in [0.15, 0.2) is 52.4 Å². The van der Waals surface area contributed by atoms with Crippen molar-refractivity contribution in [3.05, 3.63) is 59.2 Å². The molecule has 0 bridgehead atoms. The second kappa shape index (κ2) is 6.08. The molecule has 0 radical (unpaired) electrons. The second-order valence-electron chi connectivity index (χ2n) is 9.05. The fourth-order valence-electron chi connectivity index (χ4n) is 5.07. The van der Waals surface area contributed by atoms with Crippen molar-refractivity contribution in [3.63, 3.8) is 0 Å². The Labute approximate surface area is 176 Å². The number of para-hydroxylation sites is 1. The molecule has 3 aliphatic rings. The van der Waals surface area contributed by atoms with Gasteiger partial charge < -0.3 is 16.0 Å². The number of anilines is 2. The summed E-state index contributed by atoms with van der Waals surface area (Å²) in [5.41, 5.74) is 9.28. The first-order valence-corrected chi connectivity index (χ1v) is 10.3. The number of benzene rings is 2. The molecule has 7 heteroatoms. The normalized spacial score (nSPS) is 26.1. The highest BCUT2D eigenvalue weighted by atomic mass is 16.2. The molecule has 0 saturated heterocycles. The lowest BCUT2D eigenvalue weighted by Gasteiger charge is -2.43. The Morgan fingerprint density at radius 1 is 1.20 bits per heavy atom. The number of nitrogens with two attached hydrogens (primary N) is 1. The monoisotopic (exact) mass is 402 g/mol. The zero-order chi connectivity index (χ0) is 21.3. The van der Waals surface area contributed by atoms with Crippen LogP contribution in [0.4, 0.5) is 11.4 Å². The lowest BCUT2D eigenvalue weighted by atomic mass is 9.79. The van der Waals surface area contributed by atoms with Gasteiger partial charge in [-0.05, 0) is 56.9 Å². The van der Waals surface area contributed by atoms with Gasteiger partial charge in [0.05, 0.1) is 5.69 Å². The minimum atomic E-state index is -1.41. The third-order valence-corrected chi connectivity index (χ3v) is 6.17. The molecule has 30 heavy (non-hydrogen) atoms. The molecule has 7 nitrogen and oxygen atoms in total. The number of hydrogen-bond donors (Lipinski definition) is 3. The maximum absolute atomic E-state index is 13.9. The Kier molecular flexibility index (Phi) is 3.78. The highest BCUT2D eigenvalue weighted by Crippen LogP contribution is 2.55. The molecule has 5 rings (SSSR count). The number of nitrogens with one attached hydrogen (secondary N) is 2. The first kappa shape index (κ1) is 18.7. The van der Waals surface area contributed by atoms with Crippen molar-refractivity contribution in [1.82, 2.24) is 5.32 Å². The molecule has 2 aromatic rings. The Hall–Kier alpha value is -3.35. The molecule has 1 amide bonds. The molecule has 0 aromatic heterocycles.